The molecule has 0 saturated carbocycles. The van der Waals surface area contributed by atoms with Gasteiger partial charge in [0, 0.05) is 0 Å². The highest BCUT2D eigenvalue weighted by molar-refractivity contribution is 7.30. The van der Waals surface area contributed by atoms with Crippen LogP contribution >= 0.6 is 7.68 Å². The third-order valence-corrected chi connectivity index (χ3v) is 1.69. The predicted molar refractivity (Wildman–Crippen MR) is 30.0 cm³/mol. The molecule has 0 bridgehead atoms. The fraction of sp³-hybridized carbons (Fsp3) is 0.750. The molecule has 0 saturated heterocycles. The second-order valence-electron chi connectivity index (χ2n) is 1.75. The molecule has 9 heavy (non-hydrogen) atoms. The minimum Gasteiger partial charge on any atom is -0.481 e. The topological polar surface area (TPSA) is 71.4 Å². The number of aliphatic carboxylic acids is 1. The van der Waals surface area contributed by atoms with E-state index in [9.17, 15) is 13.9 Å². The van der Waals surface area contributed by atoms with Crippen molar-refractivity contribution < 1.29 is 19.0 Å². The lowest BCUT2D eigenvalue weighted by Gasteiger charge is -1.95. The van der Waals surface area contributed by atoms with E-state index in [4.69, 9.17) is 5.11 Å². The molecule has 0 aliphatic heterocycles. The summed E-state index contributed by atoms with van der Waals surface area (Å²) in [5, 5.41) is 8.16. The van der Waals surface area contributed by atoms with Gasteiger partial charge in [-0.1, -0.05) is 6.92 Å². The summed E-state index contributed by atoms with van der Waals surface area (Å²) in [5.41, 5.74) is 0. The standard InChI is InChI=1S/C4H7O4P/c1-3(4(5)6)2-9(7)8/h3H,2H2,1H3,(H,5,6). The van der Waals surface area contributed by atoms with Crippen molar-refractivity contribution in [2.45, 2.75) is 6.92 Å². The molecule has 1 unspecified atom stereocenters. The summed E-state index contributed by atoms with van der Waals surface area (Å²) in [4.78, 5) is 9.97. The molecule has 0 aromatic rings. The summed E-state index contributed by atoms with van der Waals surface area (Å²) in [6.07, 6.45) is -0.273. The quantitative estimate of drug-likeness (QED) is 0.606. The largest absolute Gasteiger partial charge is 0.481 e. The maximum Gasteiger partial charge on any atom is 0.316 e. The lowest BCUT2D eigenvalue weighted by atomic mass is 10.2. The van der Waals surface area contributed by atoms with Gasteiger partial charge in [0.25, 0.3) is 0 Å². The molecule has 0 spiro atoms. The van der Waals surface area contributed by atoms with Gasteiger partial charge >= 0.3 is 13.6 Å². The summed E-state index contributed by atoms with van der Waals surface area (Å²) < 4.78 is 19.8. The molecule has 52 valence electrons. The Morgan fingerprint density at radius 1 is 1.67 bits per heavy atom. The van der Waals surface area contributed by atoms with Gasteiger partial charge in [0.05, 0.1) is 12.1 Å². The van der Waals surface area contributed by atoms with Gasteiger partial charge in [-0.05, 0) is 0 Å². The van der Waals surface area contributed by atoms with E-state index in [2.05, 4.69) is 0 Å². The first-order chi connectivity index (χ1) is 4.04. The summed E-state index contributed by atoms with van der Waals surface area (Å²) in [6.45, 7) is 1.35. The van der Waals surface area contributed by atoms with Crippen molar-refractivity contribution in [1.29, 1.82) is 0 Å². The molecule has 0 radical (unpaired) electrons. The third kappa shape index (κ3) is 3.91. The summed E-state index contributed by atoms with van der Waals surface area (Å²) >= 11 is 0. The van der Waals surface area contributed by atoms with Crippen LogP contribution in [0.3, 0.4) is 0 Å². The van der Waals surface area contributed by atoms with Crippen LogP contribution in [-0.2, 0) is 13.9 Å². The van der Waals surface area contributed by atoms with E-state index in [0.717, 1.165) is 0 Å². The van der Waals surface area contributed by atoms with Gasteiger partial charge in [0.2, 0.25) is 0 Å². The molecule has 0 aliphatic carbocycles. The highest BCUT2D eigenvalue weighted by Gasteiger charge is 2.12. The second kappa shape index (κ2) is 3.41. The van der Waals surface area contributed by atoms with E-state index in [1.807, 2.05) is 0 Å². The molecule has 0 rings (SSSR count). The predicted octanol–water partition coefficient (Wildman–Crippen LogP) is 0.880. The highest BCUT2D eigenvalue weighted by Crippen LogP contribution is 2.09. The van der Waals surface area contributed by atoms with Crippen LogP contribution in [0.5, 0.6) is 0 Å². The molecule has 0 aromatic carbocycles. The fourth-order valence-corrected chi connectivity index (χ4v) is 0.905. The molecular weight excluding hydrogens is 143 g/mol. The average molecular weight is 150 g/mol. The summed E-state index contributed by atoms with van der Waals surface area (Å²) in [5.74, 6) is -1.86. The van der Waals surface area contributed by atoms with E-state index >= 15 is 0 Å². The van der Waals surface area contributed by atoms with Gasteiger partial charge in [-0.15, -0.1) is 0 Å². The number of carboxylic acid groups (broad SMARTS) is 1. The van der Waals surface area contributed by atoms with Gasteiger partial charge in [-0.25, -0.2) is 9.13 Å². The van der Waals surface area contributed by atoms with Gasteiger partial charge in [-0.3, -0.25) is 4.79 Å². The Balaban J connectivity index is 3.77. The van der Waals surface area contributed by atoms with Crippen LogP contribution < -0.4 is 0 Å². The maximum absolute atomic E-state index is 9.97. The second-order valence-corrected chi connectivity index (χ2v) is 2.79. The molecule has 5 heteroatoms. The van der Waals surface area contributed by atoms with Crippen molar-refractivity contribution in [1.82, 2.24) is 0 Å². The Bertz CT molecular complexity index is 163. The zero-order chi connectivity index (χ0) is 7.44. The molecular formula is C4H7O4P. The van der Waals surface area contributed by atoms with E-state index in [1.165, 1.54) is 6.92 Å². The Labute approximate surface area is 52.7 Å². The smallest absolute Gasteiger partial charge is 0.316 e. The lowest BCUT2D eigenvalue weighted by molar-refractivity contribution is -0.140. The van der Waals surface area contributed by atoms with Crippen molar-refractivity contribution in [3.63, 3.8) is 0 Å². The van der Waals surface area contributed by atoms with Crippen molar-refractivity contribution in [3.8, 4) is 0 Å². The Hall–Kier alpha value is -0.630. The third-order valence-electron chi connectivity index (χ3n) is 0.845. The average Bonchev–Trinajstić information content (AvgIpc) is 1.63. The Morgan fingerprint density at radius 2 is 2.11 bits per heavy atom. The number of carboxylic acids is 1. The Morgan fingerprint density at radius 3 is 2.22 bits per heavy atom. The van der Waals surface area contributed by atoms with Crippen molar-refractivity contribution >= 4 is 13.6 Å². The number of rotatable bonds is 3. The van der Waals surface area contributed by atoms with E-state index in [1.54, 1.807) is 0 Å². The van der Waals surface area contributed by atoms with Crippen molar-refractivity contribution in [3.05, 3.63) is 0 Å². The van der Waals surface area contributed by atoms with E-state index in [0.29, 0.717) is 0 Å². The van der Waals surface area contributed by atoms with E-state index in [-0.39, 0.29) is 6.16 Å². The highest BCUT2D eigenvalue weighted by atomic mass is 31.1. The normalized spacial score (nSPS) is 12.6. The van der Waals surface area contributed by atoms with Crippen molar-refractivity contribution in [2.75, 3.05) is 6.16 Å². The first kappa shape index (κ1) is 8.37. The van der Waals surface area contributed by atoms with Gasteiger partial charge in [-0.2, -0.15) is 0 Å². The number of hydrogen-bond donors (Lipinski definition) is 1. The molecule has 0 fully saturated rings. The maximum atomic E-state index is 9.97. The van der Waals surface area contributed by atoms with Crippen LogP contribution in [0, 0.1) is 5.92 Å². The van der Waals surface area contributed by atoms with Gasteiger partial charge in [0.1, 0.15) is 0 Å². The molecule has 0 heterocycles. The minimum absolute atomic E-state index is 0.273. The molecule has 0 amide bonds. The lowest BCUT2D eigenvalue weighted by Crippen LogP contribution is -2.10. The summed E-state index contributed by atoms with van der Waals surface area (Å²) in [6, 6.07) is 0. The van der Waals surface area contributed by atoms with Gasteiger partial charge < -0.3 is 5.11 Å². The van der Waals surface area contributed by atoms with Crippen LogP contribution in [0.1, 0.15) is 6.92 Å². The van der Waals surface area contributed by atoms with Crippen LogP contribution in [0.4, 0.5) is 0 Å². The van der Waals surface area contributed by atoms with Crippen LogP contribution in [-0.4, -0.2) is 17.2 Å². The number of hydrogen-bond acceptors (Lipinski definition) is 3. The van der Waals surface area contributed by atoms with Crippen molar-refractivity contribution in [2.24, 2.45) is 5.92 Å². The molecule has 1 atom stereocenters. The fourth-order valence-electron chi connectivity index (χ4n) is 0.302. The molecule has 0 aliphatic rings. The first-order valence-electron chi connectivity index (χ1n) is 2.38. The Kier molecular flexibility index (Phi) is 3.17. The van der Waals surface area contributed by atoms with Crippen LogP contribution in [0.15, 0.2) is 0 Å². The number of carbonyl (C=O) groups is 1. The molecule has 0 aromatic heterocycles. The zero-order valence-corrected chi connectivity index (χ0v) is 5.80. The van der Waals surface area contributed by atoms with Crippen LogP contribution in [0.2, 0.25) is 0 Å². The van der Waals surface area contributed by atoms with Crippen LogP contribution in [0.25, 0.3) is 0 Å². The zero-order valence-electron chi connectivity index (χ0n) is 4.90. The van der Waals surface area contributed by atoms with E-state index < -0.39 is 19.6 Å². The molecule has 4 nitrogen and oxygen atoms in total. The summed E-state index contributed by atoms with van der Waals surface area (Å²) in [7, 11) is -2.55. The monoisotopic (exact) mass is 150 g/mol. The molecule has 1 N–H and O–H groups in total. The first-order valence-corrected chi connectivity index (χ1v) is 3.75. The SMILES string of the molecule is CC(CP(=O)=O)C(=O)O. The minimum atomic E-state index is -2.55. The van der Waals surface area contributed by atoms with Gasteiger partial charge in [0.15, 0.2) is 0 Å².